The third kappa shape index (κ3) is 3.44. The third-order valence-electron chi connectivity index (χ3n) is 5.38. The van der Waals surface area contributed by atoms with E-state index in [4.69, 9.17) is 5.11 Å². The second-order valence-electron chi connectivity index (χ2n) is 7.28. The summed E-state index contributed by atoms with van der Waals surface area (Å²) in [5.74, 6) is 1.19. The molecule has 0 saturated carbocycles. The van der Waals surface area contributed by atoms with Crippen molar-refractivity contribution in [3.63, 3.8) is 0 Å². The van der Waals surface area contributed by atoms with E-state index in [2.05, 4.69) is 15.3 Å². The van der Waals surface area contributed by atoms with Gasteiger partial charge >= 0.3 is 0 Å². The Hall–Kier alpha value is -2.74. The number of likely N-dealkylation sites (tertiary alicyclic amines) is 1. The highest BCUT2D eigenvalue weighted by atomic mass is 16.3. The minimum absolute atomic E-state index is 0.00895. The molecule has 0 radical (unpaired) electrons. The van der Waals surface area contributed by atoms with Crippen LogP contribution in [0.1, 0.15) is 25.0 Å². The number of hydrogen-bond donors (Lipinski definition) is 2. The summed E-state index contributed by atoms with van der Waals surface area (Å²) < 4.78 is 1.85. The van der Waals surface area contributed by atoms with Crippen LogP contribution < -0.4 is 10.9 Å². The van der Waals surface area contributed by atoms with Crippen molar-refractivity contribution in [3.05, 3.63) is 40.6 Å². The number of aromatic nitrogens is 3. The quantitative estimate of drug-likeness (QED) is 0.822. The van der Waals surface area contributed by atoms with Gasteiger partial charge in [-0.1, -0.05) is 0 Å². The van der Waals surface area contributed by atoms with Crippen LogP contribution >= 0.6 is 0 Å². The second-order valence-corrected chi connectivity index (χ2v) is 7.28. The number of rotatable bonds is 4. The molecule has 1 amide bonds. The van der Waals surface area contributed by atoms with E-state index in [0.717, 1.165) is 24.2 Å². The van der Waals surface area contributed by atoms with Crippen LogP contribution in [0.4, 0.5) is 5.82 Å². The van der Waals surface area contributed by atoms with Crippen LogP contribution in [0.15, 0.2) is 29.3 Å². The molecule has 2 aromatic heterocycles. The lowest BCUT2D eigenvalue weighted by Crippen LogP contribution is -2.48. The number of carbonyl (C=O) groups is 1. The molecule has 2 aromatic rings. The summed E-state index contributed by atoms with van der Waals surface area (Å²) in [5.41, 5.74) is 2.35. The molecule has 0 aliphatic carbocycles. The van der Waals surface area contributed by atoms with Gasteiger partial charge in [-0.15, -0.1) is 0 Å². The summed E-state index contributed by atoms with van der Waals surface area (Å²) in [7, 11) is 0. The van der Waals surface area contributed by atoms with Crippen LogP contribution in [0.5, 0.6) is 0 Å². The lowest BCUT2D eigenvalue weighted by atomic mass is 9.82. The maximum Gasteiger partial charge on any atom is 0.251 e. The smallest absolute Gasteiger partial charge is 0.251 e. The number of pyridine rings is 1. The van der Waals surface area contributed by atoms with Crippen molar-refractivity contribution in [3.8, 4) is 11.3 Å². The van der Waals surface area contributed by atoms with Gasteiger partial charge in [0, 0.05) is 62.4 Å². The molecule has 2 bridgehead atoms. The number of aliphatic hydroxyl groups is 1. The lowest BCUT2D eigenvalue weighted by Gasteiger charge is -2.42. The molecule has 2 aliphatic rings. The van der Waals surface area contributed by atoms with Crippen molar-refractivity contribution in [2.45, 2.75) is 25.8 Å². The average Bonchev–Trinajstić information content (AvgIpc) is 2.67. The molecule has 4 rings (SSSR count). The van der Waals surface area contributed by atoms with Crippen molar-refractivity contribution in [2.24, 2.45) is 5.92 Å². The van der Waals surface area contributed by atoms with E-state index in [-0.39, 0.29) is 24.0 Å². The SMILES string of the molecule is CC(=O)N1C[C@@H]2C[C@H](C1)c1cc(-c3cc(NCCO)ncn3)cc(=O)n1C2. The Labute approximate surface area is 156 Å². The molecule has 0 unspecified atom stereocenters. The highest BCUT2D eigenvalue weighted by Crippen LogP contribution is 2.36. The normalized spacial score (nSPS) is 20.9. The maximum absolute atomic E-state index is 12.8. The van der Waals surface area contributed by atoms with Gasteiger partial charge in [0.05, 0.1) is 12.3 Å². The Morgan fingerprint density at radius 1 is 1.26 bits per heavy atom. The summed E-state index contributed by atoms with van der Waals surface area (Å²) in [6.07, 6.45) is 2.44. The summed E-state index contributed by atoms with van der Waals surface area (Å²) in [6, 6.07) is 5.41. The number of hydrogen-bond acceptors (Lipinski definition) is 6. The van der Waals surface area contributed by atoms with E-state index in [1.165, 1.54) is 6.33 Å². The molecule has 8 nitrogen and oxygen atoms in total. The standard InChI is InChI=1S/C19H23N5O3/c1-12(26)23-8-13-4-15(10-23)17-5-14(6-19(27)24(17)9-13)16-7-18(20-2-3-25)22-11-21-16/h5-7,11,13,15,25H,2-4,8-10H2,1H3,(H,20,21,22)/t13-,15+/m0/s1. The number of aliphatic hydroxyl groups excluding tert-OH is 1. The summed E-state index contributed by atoms with van der Waals surface area (Å²) >= 11 is 0. The van der Waals surface area contributed by atoms with Gasteiger partial charge in [0.1, 0.15) is 12.1 Å². The fourth-order valence-corrected chi connectivity index (χ4v) is 4.16. The van der Waals surface area contributed by atoms with E-state index in [1.54, 1.807) is 19.1 Å². The van der Waals surface area contributed by atoms with Crippen LogP contribution in [0.25, 0.3) is 11.3 Å². The van der Waals surface area contributed by atoms with Crippen molar-refractivity contribution < 1.29 is 9.90 Å². The number of fused-ring (bicyclic) bond motifs is 4. The molecule has 4 heterocycles. The van der Waals surface area contributed by atoms with E-state index < -0.39 is 0 Å². The minimum atomic E-state index is -0.0306. The highest BCUT2D eigenvalue weighted by Gasteiger charge is 2.35. The zero-order valence-corrected chi connectivity index (χ0v) is 15.3. The molecule has 2 N–H and O–H groups in total. The number of nitrogens with zero attached hydrogens (tertiary/aromatic N) is 4. The summed E-state index contributed by atoms with van der Waals surface area (Å²) in [6.45, 7) is 4.05. The maximum atomic E-state index is 12.8. The molecule has 27 heavy (non-hydrogen) atoms. The molecule has 2 atom stereocenters. The topological polar surface area (TPSA) is 100 Å². The predicted octanol–water partition coefficient (Wildman–Crippen LogP) is 0.675. The molecular formula is C19H23N5O3. The Balaban J connectivity index is 1.70. The molecular weight excluding hydrogens is 346 g/mol. The predicted molar refractivity (Wildman–Crippen MR) is 100 cm³/mol. The number of piperidine rings is 1. The third-order valence-corrected chi connectivity index (χ3v) is 5.38. The van der Waals surface area contributed by atoms with Crippen molar-refractivity contribution >= 4 is 11.7 Å². The van der Waals surface area contributed by atoms with Crippen LogP contribution in [-0.2, 0) is 11.3 Å². The zero-order chi connectivity index (χ0) is 19.0. The van der Waals surface area contributed by atoms with Gasteiger partial charge in [-0.3, -0.25) is 9.59 Å². The Morgan fingerprint density at radius 2 is 2.11 bits per heavy atom. The van der Waals surface area contributed by atoms with Crippen molar-refractivity contribution in [1.82, 2.24) is 19.4 Å². The van der Waals surface area contributed by atoms with Crippen molar-refractivity contribution in [1.29, 1.82) is 0 Å². The van der Waals surface area contributed by atoms with E-state index in [9.17, 15) is 9.59 Å². The Bertz CT molecular complexity index is 926. The van der Waals surface area contributed by atoms with Gasteiger partial charge in [-0.05, 0) is 18.4 Å². The van der Waals surface area contributed by atoms with Gasteiger partial charge in [-0.25, -0.2) is 9.97 Å². The van der Waals surface area contributed by atoms with E-state index >= 15 is 0 Å². The first-order valence-electron chi connectivity index (χ1n) is 9.22. The van der Waals surface area contributed by atoms with E-state index in [0.29, 0.717) is 37.1 Å². The fraction of sp³-hybridized carbons (Fsp3) is 0.474. The van der Waals surface area contributed by atoms with Crippen molar-refractivity contribution in [2.75, 3.05) is 31.6 Å². The van der Waals surface area contributed by atoms with Crippen LogP contribution in [0.2, 0.25) is 0 Å². The van der Waals surface area contributed by atoms with Gasteiger partial charge in [0.2, 0.25) is 5.91 Å². The van der Waals surface area contributed by atoms with E-state index in [1.807, 2.05) is 15.5 Å². The first-order chi connectivity index (χ1) is 13.0. The molecule has 0 spiro atoms. The van der Waals surface area contributed by atoms with Gasteiger partial charge in [-0.2, -0.15) is 0 Å². The molecule has 1 fully saturated rings. The Morgan fingerprint density at radius 3 is 2.89 bits per heavy atom. The van der Waals surface area contributed by atoms with Crippen LogP contribution in [0.3, 0.4) is 0 Å². The summed E-state index contributed by atoms with van der Waals surface area (Å²) in [4.78, 5) is 34.9. The molecule has 8 heteroatoms. The first kappa shape index (κ1) is 17.7. The van der Waals surface area contributed by atoms with Gasteiger partial charge in [0.15, 0.2) is 0 Å². The number of anilines is 1. The van der Waals surface area contributed by atoms with Gasteiger partial charge in [0.25, 0.3) is 5.56 Å². The first-order valence-corrected chi connectivity index (χ1v) is 9.22. The number of nitrogens with one attached hydrogen (secondary N) is 1. The van der Waals surface area contributed by atoms with Gasteiger partial charge < -0.3 is 19.9 Å². The monoisotopic (exact) mass is 369 g/mol. The number of carbonyl (C=O) groups excluding carboxylic acids is 1. The molecule has 142 valence electrons. The number of amides is 1. The molecule has 0 aromatic carbocycles. The lowest BCUT2D eigenvalue weighted by molar-refractivity contribution is -0.131. The highest BCUT2D eigenvalue weighted by molar-refractivity contribution is 5.73. The molecule has 2 aliphatic heterocycles. The Kier molecular flexibility index (Phi) is 4.65. The zero-order valence-electron chi connectivity index (χ0n) is 15.3. The van der Waals surface area contributed by atoms with Crippen LogP contribution in [-0.4, -0.2) is 56.7 Å². The minimum Gasteiger partial charge on any atom is -0.395 e. The largest absolute Gasteiger partial charge is 0.395 e. The summed E-state index contributed by atoms with van der Waals surface area (Å²) in [5, 5.41) is 12.0. The average molecular weight is 369 g/mol. The molecule has 1 saturated heterocycles. The fourth-order valence-electron chi connectivity index (χ4n) is 4.16. The van der Waals surface area contributed by atoms with Crippen LogP contribution in [0, 0.1) is 5.92 Å². The second kappa shape index (κ2) is 7.11.